The molecule has 0 radical (unpaired) electrons. The lowest BCUT2D eigenvalue weighted by Crippen LogP contribution is -2.27. The molecule has 9 heteroatoms. The number of pyridine rings is 2. The van der Waals surface area contributed by atoms with Crippen molar-refractivity contribution in [1.82, 2.24) is 25.1 Å². The molecular weight excluding hydrogens is 418 g/mol. The molecule has 4 aromatic rings. The van der Waals surface area contributed by atoms with Gasteiger partial charge in [-0.25, -0.2) is 4.98 Å². The average molecular weight is 437 g/mol. The minimum Gasteiger partial charge on any atom is -0.478 e. The van der Waals surface area contributed by atoms with Crippen LogP contribution < -0.4 is 4.74 Å². The Labute approximate surface area is 190 Å². The largest absolute Gasteiger partial charge is 0.478 e. The van der Waals surface area contributed by atoms with E-state index in [2.05, 4.69) is 31.1 Å². The lowest BCUT2D eigenvalue weighted by molar-refractivity contribution is 0.0778. The second-order valence-corrected chi connectivity index (χ2v) is 7.21. The summed E-state index contributed by atoms with van der Waals surface area (Å²) in [6.45, 7) is 9.70. The van der Waals surface area contributed by atoms with Gasteiger partial charge in [0.2, 0.25) is 5.88 Å². The molecule has 0 bridgehead atoms. The van der Waals surface area contributed by atoms with Gasteiger partial charge in [0, 0.05) is 29.8 Å². The van der Waals surface area contributed by atoms with Crippen LogP contribution in [0.15, 0.2) is 48.8 Å². The first-order valence-corrected chi connectivity index (χ1v) is 10.1. The van der Waals surface area contributed by atoms with Crippen LogP contribution in [-0.4, -0.2) is 44.6 Å². The Morgan fingerprint density at radius 2 is 2.15 bits per heavy atom. The average Bonchev–Trinajstić information content (AvgIpc) is 3.34. The Bertz CT molecular complexity index is 1430. The molecule has 0 atom stereocenters. The molecule has 3 heterocycles. The van der Waals surface area contributed by atoms with Gasteiger partial charge in [0.1, 0.15) is 11.9 Å². The van der Waals surface area contributed by atoms with E-state index < -0.39 is 0 Å². The molecule has 1 amide bonds. The number of amides is 1. The Balaban J connectivity index is 1.63. The molecule has 0 unspecified atom stereocenters. The van der Waals surface area contributed by atoms with Crippen LogP contribution in [0.2, 0.25) is 0 Å². The van der Waals surface area contributed by atoms with Crippen molar-refractivity contribution in [3.05, 3.63) is 77.0 Å². The number of aromatic nitrogens is 4. The van der Waals surface area contributed by atoms with E-state index in [1.807, 2.05) is 13.0 Å². The van der Waals surface area contributed by atoms with Gasteiger partial charge in [-0.1, -0.05) is 18.7 Å². The second kappa shape index (κ2) is 9.16. The van der Waals surface area contributed by atoms with Crippen LogP contribution in [0.4, 0.5) is 5.82 Å². The normalized spacial score (nSPS) is 10.4. The van der Waals surface area contributed by atoms with Crippen molar-refractivity contribution in [2.24, 2.45) is 0 Å². The highest BCUT2D eigenvalue weighted by Gasteiger charge is 2.20. The van der Waals surface area contributed by atoms with Gasteiger partial charge in [0.15, 0.2) is 0 Å². The third kappa shape index (κ3) is 4.21. The van der Waals surface area contributed by atoms with E-state index in [4.69, 9.17) is 11.3 Å². The van der Waals surface area contributed by atoms with Crippen LogP contribution in [0.5, 0.6) is 5.88 Å². The van der Waals surface area contributed by atoms with Gasteiger partial charge in [0.25, 0.3) is 11.7 Å². The molecule has 0 saturated carbocycles. The molecular formula is C24H19N7O2. The van der Waals surface area contributed by atoms with E-state index in [0.29, 0.717) is 34.5 Å². The van der Waals surface area contributed by atoms with Crippen molar-refractivity contribution in [2.75, 3.05) is 13.7 Å². The smallest absolute Gasteiger partial charge is 0.280 e. The highest BCUT2D eigenvalue weighted by atomic mass is 16.5. The van der Waals surface area contributed by atoms with Crippen LogP contribution in [0.1, 0.15) is 28.5 Å². The summed E-state index contributed by atoms with van der Waals surface area (Å²) in [7, 11) is 1.67. The molecule has 162 valence electrons. The lowest BCUT2D eigenvalue weighted by Gasteiger charge is -2.18. The Kier molecular flexibility index (Phi) is 5.96. The summed E-state index contributed by atoms with van der Waals surface area (Å²) >= 11 is 0. The molecule has 0 aliphatic heterocycles. The number of benzene rings is 1. The minimum atomic E-state index is -0.296. The SMILES string of the molecule is [C-]#[N+]c1ncc(CN(C)C(=O)c2ccc(-c3cccc(C#N)c3)c(OCC)n2)c2[nH]ncc12. The number of nitrogens with zero attached hydrogens (tertiary/aromatic N) is 6. The van der Waals surface area contributed by atoms with Crippen molar-refractivity contribution in [3.63, 3.8) is 0 Å². The first-order chi connectivity index (χ1) is 16.0. The van der Waals surface area contributed by atoms with Crippen LogP contribution >= 0.6 is 0 Å². The number of nitrogens with one attached hydrogen (secondary N) is 1. The molecule has 3 aromatic heterocycles. The number of hydrogen-bond acceptors (Lipinski definition) is 6. The molecule has 1 N–H and O–H groups in total. The number of hydrogen-bond donors (Lipinski definition) is 1. The number of ether oxygens (including phenoxy) is 1. The van der Waals surface area contributed by atoms with Gasteiger partial charge in [-0.3, -0.25) is 9.89 Å². The molecule has 1 aromatic carbocycles. The first kappa shape index (κ1) is 21.5. The maximum atomic E-state index is 13.1. The fourth-order valence-corrected chi connectivity index (χ4v) is 3.49. The Morgan fingerprint density at radius 1 is 1.30 bits per heavy atom. The molecule has 9 nitrogen and oxygen atoms in total. The number of rotatable bonds is 6. The predicted molar refractivity (Wildman–Crippen MR) is 122 cm³/mol. The van der Waals surface area contributed by atoms with Gasteiger partial charge < -0.3 is 14.5 Å². The maximum Gasteiger partial charge on any atom is 0.280 e. The fourth-order valence-electron chi connectivity index (χ4n) is 3.49. The van der Waals surface area contributed by atoms with E-state index in [1.54, 1.807) is 49.8 Å². The first-order valence-electron chi connectivity index (χ1n) is 10.1. The summed E-state index contributed by atoms with van der Waals surface area (Å²) in [5, 5.41) is 16.7. The van der Waals surface area contributed by atoms with E-state index in [-0.39, 0.29) is 24.0 Å². The standard InChI is InChI=1S/C24H19N7O2/c1-4-33-23-18(16-7-5-6-15(10-16)11-25)8-9-20(29-23)24(32)31(3)14-17-12-27-22(26-2)19-13-28-30-21(17)19/h5-10,12-13H,4,14H2,1,3H3,(H,28,30). The third-order valence-electron chi connectivity index (χ3n) is 5.07. The second-order valence-electron chi connectivity index (χ2n) is 7.21. The number of fused-ring (bicyclic) bond motifs is 1. The van der Waals surface area contributed by atoms with Crippen LogP contribution in [-0.2, 0) is 6.54 Å². The number of aromatic amines is 1. The van der Waals surface area contributed by atoms with E-state index in [9.17, 15) is 10.1 Å². The molecule has 0 spiro atoms. The molecule has 0 fully saturated rings. The van der Waals surface area contributed by atoms with Gasteiger partial charge in [-0.2, -0.15) is 10.4 Å². The molecule has 0 saturated heterocycles. The van der Waals surface area contributed by atoms with Gasteiger partial charge in [-0.15, -0.1) is 4.98 Å². The summed E-state index contributed by atoms with van der Waals surface area (Å²) in [6, 6.07) is 12.7. The van der Waals surface area contributed by atoms with Crippen molar-refractivity contribution < 1.29 is 9.53 Å². The van der Waals surface area contributed by atoms with E-state index in [0.717, 1.165) is 11.1 Å². The van der Waals surface area contributed by atoms with Crippen molar-refractivity contribution >= 4 is 22.6 Å². The summed E-state index contributed by atoms with van der Waals surface area (Å²) in [4.78, 5) is 26.7. The molecule has 33 heavy (non-hydrogen) atoms. The summed E-state index contributed by atoms with van der Waals surface area (Å²) in [5.74, 6) is 0.289. The molecule has 4 rings (SSSR count). The summed E-state index contributed by atoms with van der Waals surface area (Å²) in [6.07, 6.45) is 3.12. The van der Waals surface area contributed by atoms with Crippen molar-refractivity contribution in [3.8, 4) is 23.1 Å². The zero-order valence-corrected chi connectivity index (χ0v) is 18.0. The minimum absolute atomic E-state index is 0.229. The van der Waals surface area contributed by atoms with E-state index in [1.165, 1.54) is 4.90 Å². The Hall–Kier alpha value is -4.76. The van der Waals surface area contributed by atoms with Gasteiger partial charge in [0.05, 0.1) is 30.3 Å². The number of carbonyl (C=O) groups is 1. The number of carbonyl (C=O) groups excluding carboxylic acids is 1. The van der Waals surface area contributed by atoms with Crippen molar-refractivity contribution in [1.29, 1.82) is 5.26 Å². The number of nitriles is 1. The summed E-state index contributed by atoms with van der Waals surface area (Å²) < 4.78 is 5.71. The number of H-pyrrole nitrogens is 1. The highest BCUT2D eigenvalue weighted by molar-refractivity contribution is 5.94. The third-order valence-corrected chi connectivity index (χ3v) is 5.07. The lowest BCUT2D eigenvalue weighted by atomic mass is 10.0. The zero-order chi connectivity index (χ0) is 23.4. The molecule has 0 aliphatic rings. The van der Waals surface area contributed by atoms with Gasteiger partial charge in [-0.05, 0) is 36.8 Å². The molecule has 0 aliphatic carbocycles. The summed E-state index contributed by atoms with van der Waals surface area (Å²) in [5.41, 5.74) is 3.65. The highest BCUT2D eigenvalue weighted by Crippen LogP contribution is 2.30. The topological polar surface area (TPSA) is 112 Å². The predicted octanol–water partition coefficient (Wildman–Crippen LogP) is 4.11. The Morgan fingerprint density at radius 3 is 2.91 bits per heavy atom. The van der Waals surface area contributed by atoms with E-state index >= 15 is 0 Å². The maximum absolute atomic E-state index is 13.1. The fraction of sp³-hybridized carbons (Fsp3) is 0.167. The monoisotopic (exact) mass is 437 g/mol. The zero-order valence-electron chi connectivity index (χ0n) is 18.0. The van der Waals surface area contributed by atoms with Crippen LogP contribution in [0, 0.1) is 17.9 Å². The van der Waals surface area contributed by atoms with Crippen LogP contribution in [0.3, 0.4) is 0 Å². The van der Waals surface area contributed by atoms with Crippen molar-refractivity contribution in [2.45, 2.75) is 13.5 Å². The quantitative estimate of drug-likeness (QED) is 0.454. The van der Waals surface area contributed by atoms with Gasteiger partial charge >= 0.3 is 0 Å². The van der Waals surface area contributed by atoms with Crippen LogP contribution in [0.25, 0.3) is 26.9 Å².